The van der Waals surface area contributed by atoms with Gasteiger partial charge < -0.3 is 5.32 Å². The van der Waals surface area contributed by atoms with Crippen LogP contribution in [0.4, 0.5) is 0 Å². The highest BCUT2D eigenvalue weighted by Gasteiger charge is 2.16. The second-order valence-corrected chi connectivity index (χ2v) is 4.05. The van der Waals surface area contributed by atoms with E-state index in [2.05, 4.69) is 28.2 Å². The number of piperidine rings is 1. The smallest absolute Gasteiger partial charge is 0.00775 e. The lowest BCUT2D eigenvalue weighted by Gasteiger charge is -2.27. The molecule has 0 saturated carbocycles. The summed E-state index contributed by atoms with van der Waals surface area (Å²) in [5.41, 5.74) is 0. The van der Waals surface area contributed by atoms with Crippen LogP contribution in [0, 0.1) is 5.92 Å². The summed E-state index contributed by atoms with van der Waals surface area (Å²) in [6, 6.07) is 0.781. The lowest BCUT2D eigenvalue weighted by molar-refractivity contribution is 0.316. The largest absolute Gasteiger partial charge is 0.314 e. The lowest BCUT2D eigenvalue weighted by atomic mass is 9.93. The zero-order valence-corrected chi connectivity index (χ0v) is 8.15. The van der Waals surface area contributed by atoms with E-state index in [1.54, 1.807) is 0 Å². The highest BCUT2D eigenvalue weighted by atomic mass is 79.9. The van der Waals surface area contributed by atoms with Gasteiger partial charge in [0.05, 0.1) is 0 Å². The van der Waals surface area contributed by atoms with Crippen molar-refractivity contribution in [2.24, 2.45) is 5.92 Å². The topological polar surface area (TPSA) is 12.0 Å². The van der Waals surface area contributed by atoms with Gasteiger partial charge in [-0.1, -0.05) is 22.9 Å². The molecule has 0 aromatic heterocycles. The number of nitrogens with one attached hydrogen (secondary N) is 1. The summed E-state index contributed by atoms with van der Waals surface area (Å²) in [5.74, 6) is 0.935. The molecule has 0 bridgehead atoms. The zero-order valence-electron chi connectivity index (χ0n) is 6.57. The van der Waals surface area contributed by atoms with Crippen molar-refractivity contribution in [3.8, 4) is 0 Å². The maximum atomic E-state index is 3.52. The third-order valence-electron chi connectivity index (χ3n) is 2.21. The maximum Gasteiger partial charge on any atom is 0.00775 e. The fraction of sp³-hybridized carbons (Fsp3) is 1.00. The zero-order chi connectivity index (χ0) is 7.40. The van der Waals surface area contributed by atoms with Crippen LogP contribution in [-0.4, -0.2) is 17.9 Å². The molecule has 60 valence electrons. The van der Waals surface area contributed by atoms with E-state index < -0.39 is 0 Å². The van der Waals surface area contributed by atoms with E-state index in [1.165, 1.54) is 25.8 Å². The number of hydrogen-bond acceptors (Lipinski definition) is 1. The highest BCUT2D eigenvalue weighted by Crippen LogP contribution is 2.17. The second kappa shape index (κ2) is 4.35. The van der Waals surface area contributed by atoms with Crippen LogP contribution in [0.5, 0.6) is 0 Å². The average molecular weight is 206 g/mol. The van der Waals surface area contributed by atoms with Gasteiger partial charge in [0.15, 0.2) is 0 Å². The molecule has 1 heterocycles. The summed E-state index contributed by atoms with van der Waals surface area (Å²) in [7, 11) is 0. The van der Waals surface area contributed by atoms with Crippen LogP contribution < -0.4 is 5.32 Å². The fourth-order valence-electron chi connectivity index (χ4n) is 1.57. The molecule has 10 heavy (non-hydrogen) atoms. The molecule has 0 aliphatic carbocycles. The van der Waals surface area contributed by atoms with Crippen molar-refractivity contribution in [3.63, 3.8) is 0 Å². The van der Waals surface area contributed by atoms with Crippen molar-refractivity contribution in [2.45, 2.75) is 32.2 Å². The first-order chi connectivity index (χ1) is 4.83. The Morgan fingerprint density at radius 2 is 2.40 bits per heavy atom. The molecule has 2 atom stereocenters. The van der Waals surface area contributed by atoms with Gasteiger partial charge in [-0.05, 0) is 31.7 Å². The van der Waals surface area contributed by atoms with E-state index in [0.717, 1.165) is 17.3 Å². The molecule has 2 unspecified atom stereocenters. The maximum absolute atomic E-state index is 3.52. The molecule has 1 aliphatic heterocycles. The summed E-state index contributed by atoms with van der Waals surface area (Å²) >= 11 is 3.46. The van der Waals surface area contributed by atoms with E-state index in [-0.39, 0.29) is 0 Å². The second-order valence-electron chi connectivity index (χ2n) is 3.26. The van der Waals surface area contributed by atoms with Gasteiger partial charge in [-0.25, -0.2) is 0 Å². The number of alkyl halides is 1. The van der Waals surface area contributed by atoms with Crippen LogP contribution in [0.15, 0.2) is 0 Å². The molecule has 1 fully saturated rings. The van der Waals surface area contributed by atoms with Gasteiger partial charge >= 0.3 is 0 Å². The lowest BCUT2D eigenvalue weighted by Crippen LogP contribution is -2.37. The molecule has 0 aromatic rings. The highest BCUT2D eigenvalue weighted by molar-refractivity contribution is 9.09. The van der Waals surface area contributed by atoms with Crippen LogP contribution in [0.1, 0.15) is 26.2 Å². The Morgan fingerprint density at radius 1 is 1.60 bits per heavy atom. The molecule has 0 radical (unpaired) electrons. The molecule has 2 heteroatoms. The van der Waals surface area contributed by atoms with Crippen LogP contribution in [0.25, 0.3) is 0 Å². The first-order valence-corrected chi connectivity index (χ1v) is 5.24. The Balaban J connectivity index is 2.18. The molecule has 0 spiro atoms. The van der Waals surface area contributed by atoms with Crippen LogP contribution >= 0.6 is 15.9 Å². The minimum absolute atomic E-state index is 0.781. The van der Waals surface area contributed by atoms with Crippen LogP contribution in [-0.2, 0) is 0 Å². The third kappa shape index (κ3) is 2.59. The van der Waals surface area contributed by atoms with Gasteiger partial charge in [0, 0.05) is 11.4 Å². The van der Waals surface area contributed by atoms with E-state index in [1.807, 2.05) is 0 Å². The molecular weight excluding hydrogens is 190 g/mol. The minimum Gasteiger partial charge on any atom is -0.314 e. The minimum atomic E-state index is 0.781. The van der Waals surface area contributed by atoms with E-state index in [9.17, 15) is 0 Å². The van der Waals surface area contributed by atoms with Crippen molar-refractivity contribution >= 4 is 15.9 Å². The van der Waals surface area contributed by atoms with Crippen LogP contribution in [0.3, 0.4) is 0 Å². The Labute approximate surface area is 71.7 Å². The van der Waals surface area contributed by atoms with Gasteiger partial charge in [0.25, 0.3) is 0 Å². The first kappa shape index (κ1) is 8.54. The van der Waals surface area contributed by atoms with Crippen molar-refractivity contribution in [1.82, 2.24) is 5.32 Å². The normalized spacial score (nSPS) is 34.2. The number of halogens is 1. The first-order valence-electron chi connectivity index (χ1n) is 4.12. The Kier molecular flexibility index (Phi) is 3.71. The molecule has 0 amide bonds. The quantitative estimate of drug-likeness (QED) is 0.682. The Hall–Kier alpha value is 0.440. The van der Waals surface area contributed by atoms with E-state index >= 15 is 0 Å². The van der Waals surface area contributed by atoms with Crippen molar-refractivity contribution in [2.75, 3.05) is 11.9 Å². The van der Waals surface area contributed by atoms with Gasteiger partial charge in [-0.2, -0.15) is 0 Å². The monoisotopic (exact) mass is 205 g/mol. The van der Waals surface area contributed by atoms with Crippen molar-refractivity contribution < 1.29 is 0 Å². The fourth-order valence-corrected chi connectivity index (χ4v) is 2.13. The van der Waals surface area contributed by atoms with Gasteiger partial charge in [0.2, 0.25) is 0 Å². The average Bonchev–Trinajstić information content (AvgIpc) is 1.88. The summed E-state index contributed by atoms with van der Waals surface area (Å²) in [6.07, 6.45) is 4.01. The molecule has 1 N–H and O–H groups in total. The number of hydrogen-bond donors (Lipinski definition) is 1. The predicted octanol–water partition coefficient (Wildman–Crippen LogP) is 2.16. The van der Waals surface area contributed by atoms with Gasteiger partial charge in [-0.3, -0.25) is 0 Å². The summed E-state index contributed by atoms with van der Waals surface area (Å²) in [5, 5.41) is 4.66. The van der Waals surface area contributed by atoms with Gasteiger partial charge in [0.1, 0.15) is 0 Å². The van der Waals surface area contributed by atoms with Crippen molar-refractivity contribution in [3.05, 3.63) is 0 Å². The summed E-state index contributed by atoms with van der Waals surface area (Å²) in [4.78, 5) is 0. The Bertz CT molecular complexity index is 93.3. The third-order valence-corrected chi connectivity index (χ3v) is 2.67. The van der Waals surface area contributed by atoms with Crippen molar-refractivity contribution in [1.29, 1.82) is 0 Å². The molecule has 1 saturated heterocycles. The predicted molar refractivity (Wildman–Crippen MR) is 48.6 cm³/mol. The molecule has 0 aromatic carbocycles. The summed E-state index contributed by atoms with van der Waals surface area (Å²) in [6.45, 7) is 3.57. The summed E-state index contributed by atoms with van der Waals surface area (Å²) < 4.78 is 0. The number of rotatable bonds is 2. The van der Waals surface area contributed by atoms with Crippen LogP contribution in [0.2, 0.25) is 0 Å². The molecule has 1 rings (SSSR count). The molecule has 1 nitrogen and oxygen atoms in total. The molecular formula is C8H16BrN. The van der Waals surface area contributed by atoms with Gasteiger partial charge in [-0.15, -0.1) is 0 Å². The van der Waals surface area contributed by atoms with E-state index in [0.29, 0.717) is 0 Å². The van der Waals surface area contributed by atoms with E-state index in [4.69, 9.17) is 0 Å². The molecule has 1 aliphatic rings. The SMILES string of the molecule is CC1CCNC(CCBr)C1. The Morgan fingerprint density at radius 3 is 3.00 bits per heavy atom. The standard InChI is InChI=1S/C8H16BrN/c1-7-3-5-10-8(6-7)2-4-9/h7-8,10H,2-6H2,1H3.